The molecule has 1 aromatic heterocycles. The summed E-state index contributed by atoms with van der Waals surface area (Å²) in [7, 11) is 1.76. The molecule has 0 saturated heterocycles. The number of hydrogen-bond donors (Lipinski definition) is 2. The molecule has 2 N–H and O–H groups in total. The predicted molar refractivity (Wildman–Crippen MR) is 107 cm³/mol. The molecule has 0 aliphatic heterocycles. The lowest BCUT2D eigenvalue weighted by Gasteiger charge is -2.18. The lowest BCUT2D eigenvalue weighted by Crippen LogP contribution is -2.40. The first-order valence-corrected chi connectivity index (χ1v) is 7.68. The van der Waals surface area contributed by atoms with Gasteiger partial charge in [-0.3, -0.25) is 9.67 Å². The number of guanidine groups is 1. The Bertz CT molecular complexity index is 641. The second-order valence-electron chi connectivity index (χ2n) is 5.20. The molecule has 5 nitrogen and oxygen atoms in total. The molecule has 0 spiro atoms. The fourth-order valence-electron chi connectivity index (χ4n) is 2.14. The monoisotopic (exact) mass is 447 g/mol. The predicted octanol–water partition coefficient (Wildman–Crippen LogP) is 3.39. The van der Waals surface area contributed by atoms with E-state index in [1.807, 2.05) is 48.3 Å². The first kappa shape index (κ1) is 19.8. The maximum absolute atomic E-state index is 6.03. The van der Waals surface area contributed by atoms with E-state index >= 15 is 0 Å². The van der Waals surface area contributed by atoms with Gasteiger partial charge in [0.2, 0.25) is 0 Å². The number of aryl methyl sites for hydroxylation is 1. The van der Waals surface area contributed by atoms with Crippen LogP contribution in [-0.2, 0) is 6.54 Å². The molecule has 0 radical (unpaired) electrons. The Balaban J connectivity index is 0.00000264. The van der Waals surface area contributed by atoms with Gasteiger partial charge >= 0.3 is 0 Å². The molecule has 0 aliphatic carbocycles. The van der Waals surface area contributed by atoms with Gasteiger partial charge in [0.15, 0.2) is 5.96 Å². The molecule has 1 aromatic carbocycles. The molecule has 0 fully saturated rings. The number of nitrogens with zero attached hydrogens (tertiary/aromatic N) is 3. The number of aromatic nitrogens is 2. The van der Waals surface area contributed by atoms with Crippen molar-refractivity contribution < 1.29 is 0 Å². The van der Waals surface area contributed by atoms with Gasteiger partial charge in [0.1, 0.15) is 0 Å². The molecule has 2 aromatic rings. The van der Waals surface area contributed by atoms with Crippen LogP contribution >= 0.6 is 35.6 Å². The van der Waals surface area contributed by atoms with Crippen LogP contribution < -0.4 is 10.6 Å². The van der Waals surface area contributed by atoms with Gasteiger partial charge in [-0.15, -0.1) is 24.0 Å². The van der Waals surface area contributed by atoms with Crippen molar-refractivity contribution in [1.29, 1.82) is 0 Å². The van der Waals surface area contributed by atoms with Gasteiger partial charge in [-0.1, -0.05) is 23.7 Å². The maximum atomic E-state index is 6.03. The molecule has 0 saturated carbocycles. The van der Waals surface area contributed by atoms with Crippen LogP contribution in [0.15, 0.2) is 41.7 Å². The highest BCUT2D eigenvalue weighted by molar-refractivity contribution is 14.0. The van der Waals surface area contributed by atoms with E-state index in [2.05, 4.69) is 27.6 Å². The average Bonchev–Trinajstić information content (AvgIpc) is 2.91. The van der Waals surface area contributed by atoms with E-state index < -0.39 is 0 Å². The van der Waals surface area contributed by atoms with E-state index in [4.69, 9.17) is 11.6 Å². The zero-order chi connectivity index (χ0) is 15.9. The second-order valence-corrected chi connectivity index (χ2v) is 5.64. The van der Waals surface area contributed by atoms with Crippen LogP contribution in [-0.4, -0.2) is 29.3 Å². The molecule has 0 amide bonds. The quantitative estimate of drug-likeness (QED) is 0.420. The zero-order valence-electron chi connectivity index (χ0n) is 13.6. The van der Waals surface area contributed by atoms with Gasteiger partial charge in [0, 0.05) is 24.8 Å². The van der Waals surface area contributed by atoms with Crippen LogP contribution in [0.2, 0.25) is 5.02 Å². The van der Waals surface area contributed by atoms with E-state index in [1.54, 1.807) is 7.05 Å². The Kier molecular flexibility index (Phi) is 8.40. The normalized spacial score (nSPS) is 12.4. The Labute approximate surface area is 159 Å². The molecular weight excluding hydrogens is 425 g/mol. The standard InChI is InChI=1S/C16H22ClN5.HI/c1-12-10-20-22(11-12)8-7-19-16(18-3)21-13(2)14-5-4-6-15(17)9-14;/h4-6,9-11,13H,7-8H2,1-3H3,(H2,18,19,21);1H. The van der Waals surface area contributed by atoms with Crippen molar-refractivity contribution in [2.24, 2.45) is 4.99 Å². The average molecular weight is 448 g/mol. The molecule has 23 heavy (non-hydrogen) atoms. The smallest absolute Gasteiger partial charge is 0.191 e. The summed E-state index contributed by atoms with van der Waals surface area (Å²) in [6.45, 7) is 5.66. The Morgan fingerprint density at radius 3 is 2.83 bits per heavy atom. The molecule has 1 atom stereocenters. The number of benzene rings is 1. The van der Waals surface area contributed by atoms with E-state index in [-0.39, 0.29) is 30.0 Å². The van der Waals surface area contributed by atoms with Crippen LogP contribution in [0.1, 0.15) is 24.1 Å². The molecule has 7 heteroatoms. The summed E-state index contributed by atoms with van der Waals surface area (Å²) < 4.78 is 1.91. The molecule has 2 rings (SSSR count). The van der Waals surface area contributed by atoms with Crippen molar-refractivity contribution in [2.75, 3.05) is 13.6 Å². The summed E-state index contributed by atoms with van der Waals surface area (Å²) in [5, 5.41) is 11.6. The minimum absolute atomic E-state index is 0. The van der Waals surface area contributed by atoms with Gasteiger partial charge < -0.3 is 10.6 Å². The number of rotatable bonds is 5. The molecule has 0 bridgehead atoms. The van der Waals surface area contributed by atoms with Gasteiger partial charge in [0.05, 0.1) is 18.8 Å². The van der Waals surface area contributed by atoms with Gasteiger partial charge in [-0.25, -0.2) is 0 Å². The maximum Gasteiger partial charge on any atom is 0.191 e. The molecular formula is C16H23ClIN5. The minimum Gasteiger partial charge on any atom is -0.355 e. The SMILES string of the molecule is CN=C(NCCn1cc(C)cn1)NC(C)c1cccc(Cl)c1.I. The Hall–Kier alpha value is -1.28. The van der Waals surface area contributed by atoms with Crippen LogP contribution in [0.5, 0.6) is 0 Å². The van der Waals surface area contributed by atoms with Crippen molar-refractivity contribution in [2.45, 2.75) is 26.4 Å². The van der Waals surface area contributed by atoms with Crippen LogP contribution in [0.3, 0.4) is 0 Å². The Morgan fingerprint density at radius 1 is 1.43 bits per heavy atom. The third-order valence-electron chi connectivity index (χ3n) is 3.32. The van der Waals surface area contributed by atoms with E-state index in [0.29, 0.717) is 0 Å². The molecule has 126 valence electrons. The topological polar surface area (TPSA) is 54.2 Å². The third-order valence-corrected chi connectivity index (χ3v) is 3.56. The summed E-state index contributed by atoms with van der Waals surface area (Å²) in [6, 6.07) is 7.95. The van der Waals surface area contributed by atoms with Crippen molar-refractivity contribution in [3.8, 4) is 0 Å². The summed E-state index contributed by atoms with van der Waals surface area (Å²) in [4.78, 5) is 4.24. The highest BCUT2D eigenvalue weighted by Crippen LogP contribution is 2.17. The number of halogens is 2. The second kappa shape index (κ2) is 9.77. The minimum atomic E-state index is 0. The molecule has 0 aliphatic rings. The fourth-order valence-corrected chi connectivity index (χ4v) is 2.34. The highest BCUT2D eigenvalue weighted by Gasteiger charge is 2.08. The zero-order valence-corrected chi connectivity index (χ0v) is 16.7. The first-order valence-electron chi connectivity index (χ1n) is 7.30. The number of hydrogen-bond acceptors (Lipinski definition) is 2. The molecule has 1 heterocycles. The van der Waals surface area contributed by atoms with Gasteiger partial charge in [0.25, 0.3) is 0 Å². The molecule has 1 unspecified atom stereocenters. The van der Waals surface area contributed by atoms with Crippen molar-refractivity contribution in [1.82, 2.24) is 20.4 Å². The highest BCUT2D eigenvalue weighted by atomic mass is 127. The summed E-state index contributed by atoms with van der Waals surface area (Å²) in [5.74, 6) is 0.761. The fraction of sp³-hybridized carbons (Fsp3) is 0.375. The van der Waals surface area contributed by atoms with E-state index in [9.17, 15) is 0 Å². The lowest BCUT2D eigenvalue weighted by molar-refractivity contribution is 0.591. The number of nitrogens with one attached hydrogen (secondary N) is 2. The van der Waals surface area contributed by atoms with Crippen molar-refractivity contribution in [3.63, 3.8) is 0 Å². The van der Waals surface area contributed by atoms with Crippen molar-refractivity contribution in [3.05, 3.63) is 52.8 Å². The van der Waals surface area contributed by atoms with Crippen molar-refractivity contribution >= 4 is 41.5 Å². The Morgan fingerprint density at radius 2 is 2.22 bits per heavy atom. The summed E-state index contributed by atoms with van der Waals surface area (Å²) >= 11 is 6.03. The third kappa shape index (κ3) is 6.39. The summed E-state index contributed by atoms with van der Waals surface area (Å²) in [6.07, 6.45) is 3.88. The van der Waals surface area contributed by atoms with Gasteiger partial charge in [-0.2, -0.15) is 5.10 Å². The van der Waals surface area contributed by atoms with E-state index in [1.165, 1.54) is 0 Å². The van der Waals surface area contributed by atoms with E-state index in [0.717, 1.165) is 35.2 Å². The summed E-state index contributed by atoms with van der Waals surface area (Å²) in [5.41, 5.74) is 2.29. The lowest BCUT2D eigenvalue weighted by atomic mass is 10.1. The van der Waals surface area contributed by atoms with Crippen LogP contribution in [0.25, 0.3) is 0 Å². The van der Waals surface area contributed by atoms with Crippen LogP contribution in [0.4, 0.5) is 0 Å². The van der Waals surface area contributed by atoms with Crippen LogP contribution in [0, 0.1) is 6.92 Å². The largest absolute Gasteiger partial charge is 0.355 e. The first-order chi connectivity index (χ1) is 10.6. The number of aliphatic imine (C=N–C) groups is 1. The van der Waals surface area contributed by atoms with Gasteiger partial charge in [-0.05, 0) is 37.1 Å².